The van der Waals surface area contributed by atoms with E-state index in [4.69, 9.17) is 14.0 Å². The minimum Gasteiger partial charge on any atom is -0.497 e. The van der Waals surface area contributed by atoms with Crippen LogP contribution in [-0.2, 0) is 16.9 Å². The molecule has 0 bridgehead atoms. The molecule has 9 heteroatoms. The molecule has 0 radical (unpaired) electrons. The number of aromatic nitrogens is 2. The summed E-state index contributed by atoms with van der Waals surface area (Å²) in [5.41, 5.74) is 0.220. The van der Waals surface area contributed by atoms with E-state index < -0.39 is 11.6 Å². The van der Waals surface area contributed by atoms with E-state index in [2.05, 4.69) is 15.5 Å². The molecule has 3 amide bonds. The van der Waals surface area contributed by atoms with Crippen LogP contribution in [0, 0.1) is 0 Å². The number of urea groups is 1. The normalized spacial score (nSPS) is 20.1. The first-order chi connectivity index (χ1) is 14.6. The molecular weight excluding hydrogens is 388 g/mol. The molecule has 1 saturated heterocycles. The zero-order valence-electron chi connectivity index (χ0n) is 16.1. The van der Waals surface area contributed by atoms with Crippen LogP contribution in [0.4, 0.5) is 4.79 Å². The molecule has 2 aliphatic rings. The van der Waals surface area contributed by atoms with Gasteiger partial charge in [0, 0.05) is 17.5 Å². The lowest BCUT2D eigenvalue weighted by Gasteiger charge is -2.33. The van der Waals surface area contributed by atoms with E-state index in [0.29, 0.717) is 41.5 Å². The number of carbonyl (C=O) groups is 2. The first-order valence-corrected chi connectivity index (χ1v) is 9.44. The molecule has 0 saturated carbocycles. The fraction of sp³-hybridized carbons (Fsp3) is 0.238. The maximum absolute atomic E-state index is 13.3. The molecule has 0 aliphatic carbocycles. The van der Waals surface area contributed by atoms with E-state index in [0.717, 1.165) is 4.90 Å². The quantitative estimate of drug-likeness (QED) is 0.663. The number of imide groups is 1. The summed E-state index contributed by atoms with van der Waals surface area (Å²) in [6.07, 6.45) is 0.351. The predicted octanol–water partition coefficient (Wildman–Crippen LogP) is 2.48. The average Bonchev–Trinajstić information content (AvgIpc) is 3.34. The molecule has 9 nitrogen and oxygen atoms in total. The number of para-hydroxylation sites is 1. The van der Waals surface area contributed by atoms with E-state index in [-0.39, 0.29) is 18.3 Å². The van der Waals surface area contributed by atoms with Crippen LogP contribution in [-0.4, -0.2) is 40.7 Å². The van der Waals surface area contributed by atoms with Crippen LogP contribution >= 0.6 is 0 Å². The van der Waals surface area contributed by atoms with Gasteiger partial charge in [-0.1, -0.05) is 35.5 Å². The van der Waals surface area contributed by atoms with Crippen molar-refractivity contribution in [2.24, 2.45) is 0 Å². The second-order valence-corrected chi connectivity index (χ2v) is 7.07. The highest BCUT2D eigenvalue weighted by atomic mass is 16.5. The van der Waals surface area contributed by atoms with Gasteiger partial charge in [0.25, 0.3) is 5.91 Å². The van der Waals surface area contributed by atoms with E-state index in [1.54, 1.807) is 25.3 Å². The minimum absolute atomic E-state index is 0.119. The third-order valence-electron chi connectivity index (χ3n) is 5.35. The van der Waals surface area contributed by atoms with Gasteiger partial charge in [-0.3, -0.25) is 9.69 Å². The summed E-state index contributed by atoms with van der Waals surface area (Å²) in [7, 11) is 1.57. The van der Waals surface area contributed by atoms with Crippen LogP contribution in [0.1, 0.15) is 17.9 Å². The number of nitrogens with one attached hydrogen (secondary N) is 1. The molecule has 0 unspecified atom stereocenters. The summed E-state index contributed by atoms with van der Waals surface area (Å²) in [5.74, 6) is 1.41. The number of rotatable bonds is 4. The van der Waals surface area contributed by atoms with Crippen molar-refractivity contribution in [1.29, 1.82) is 0 Å². The zero-order chi connectivity index (χ0) is 20.7. The lowest BCUT2D eigenvalue weighted by Crippen LogP contribution is -2.47. The molecule has 1 fully saturated rings. The Morgan fingerprint density at radius 1 is 1.20 bits per heavy atom. The van der Waals surface area contributed by atoms with Crippen molar-refractivity contribution in [3.63, 3.8) is 0 Å². The lowest BCUT2D eigenvalue weighted by molar-refractivity contribution is -0.133. The molecule has 5 rings (SSSR count). The minimum atomic E-state index is -1.14. The number of fused-ring (bicyclic) bond motifs is 2. The highest BCUT2D eigenvalue weighted by molar-refractivity contribution is 6.07. The molecule has 3 aromatic rings. The first-order valence-electron chi connectivity index (χ1n) is 9.44. The van der Waals surface area contributed by atoms with Crippen molar-refractivity contribution in [3.05, 3.63) is 60.0 Å². The van der Waals surface area contributed by atoms with Gasteiger partial charge in [-0.15, -0.1) is 0 Å². The molecule has 1 aromatic heterocycles. The fourth-order valence-electron chi connectivity index (χ4n) is 3.85. The summed E-state index contributed by atoms with van der Waals surface area (Å²) in [6.45, 7) is 0.212. The molecule has 1 N–H and O–H groups in total. The summed E-state index contributed by atoms with van der Waals surface area (Å²) in [6, 6.07) is 13.9. The van der Waals surface area contributed by atoms with Gasteiger partial charge in [0.1, 0.15) is 18.0 Å². The number of benzene rings is 2. The van der Waals surface area contributed by atoms with Crippen molar-refractivity contribution in [2.75, 3.05) is 13.7 Å². The lowest BCUT2D eigenvalue weighted by atomic mass is 9.84. The third kappa shape index (κ3) is 2.78. The molecule has 152 valence electrons. The SMILES string of the molecule is COc1cccc(-c2noc(CN3C(=O)N[C@]4(CCOc5ccccc54)C3=O)n2)c1. The van der Waals surface area contributed by atoms with Gasteiger partial charge in [-0.25, -0.2) is 4.79 Å². The molecular formula is C21H18N4O5. The van der Waals surface area contributed by atoms with E-state index >= 15 is 0 Å². The van der Waals surface area contributed by atoms with E-state index in [9.17, 15) is 9.59 Å². The van der Waals surface area contributed by atoms with Crippen LogP contribution < -0.4 is 14.8 Å². The molecule has 30 heavy (non-hydrogen) atoms. The van der Waals surface area contributed by atoms with Gasteiger partial charge in [0.05, 0.1) is 13.7 Å². The van der Waals surface area contributed by atoms with Crippen molar-refractivity contribution in [2.45, 2.75) is 18.5 Å². The number of nitrogens with zero attached hydrogens (tertiary/aromatic N) is 3. The Labute approximate surface area is 171 Å². The van der Waals surface area contributed by atoms with Crippen molar-refractivity contribution < 1.29 is 23.6 Å². The van der Waals surface area contributed by atoms with Gasteiger partial charge < -0.3 is 19.3 Å². The van der Waals surface area contributed by atoms with Crippen LogP contribution in [0.2, 0.25) is 0 Å². The topological polar surface area (TPSA) is 107 Å². The summed E-state index contributed by atoms with van der Waals surface area (Å²) < 4.78 is 16.2. The predicted molar refractivity (Wildman–Crippen MR) is 104 cm³/mol. The number of amides is 3. The van der Waals surface area contributed by atoms with E-state index in [1.165, 1.54) is 0 Å². The van der Waals surface area contributed by atoms with Gasteiger partial charge in [0.15, 0.2) is 5.54 Å². The maximum Gasteiger partial charge on any atom is 0.325 e. The van der Waals surface area contributed by atoms with Crippen LogP contribution in [0.15, 0.2) is 53.1 Å². The third-order valence-corrected chi connectivity index (χ3v) is 5.35. The number of hydrogen-bond donors (Lipinski definition) is 1. The second kappa shape index (κ2) is 6.87. The molecule has 1 atom stereocenters. The Kier molecular flexibility index (Phi) is 4.16. The van der Waals surface area contributed by atoms with Gasteiger partial charge >= 0.3 is 6.03 Å². The monoisotopic (exact) mass is 406 g/mol. The van der Waals surface area contributed by atoms with Gasteiger partial charge in [-0.05, 0) is 18.2 Å². The Morgan fingerprint density at radius 3 is 2.93 bits per heavy atom. The number of methoxy groups -OCH3 is 1. The van der Waals surface area contributed by atoms with Crippen molar-refractivity contribution >= 4 is 11.9 Å². The summed E-state index contributed by atoms with van der Waals surface area (Å²) in [4.78, 5) is 31.4. The highest BCUT2D eigenvalue weighted by Gasteiger charge is 2.55. The molecule has 2 aliphatic heterocycles. The highest BCUT2D eigenvalue weighted by Crippen LogP contribution is 2.41. The maximum atomic E-state index is 13.3. The van der Waals surface area contributed by atoms with Crippen LogP contribution in [0.5, 0.6) is 11.5 Å². The number of carbonyl (C=O) groups excluding carboxylic acids is 2. The molecule has 2 aromatic carbocycles. The second-order valence-electron chi connectivity index (χ2n) is 7.07. The van der Waals surface area contributed by atoms with Crippen molar-refractivity contribution in [3.8, 4) is 22.9 Å². The Bertz CT molecular complexity index is 1140. The number of hydrogen-bond acceptors (Lipinski definition) is 7. The van der Waals surface area contributed by atoms with Crippen molar-refractivity contribution in [1.82, 2.24) is 20.4 Å². The number of ether oxygens (including phenoxy) is 2. The Hall–Kier alpha value is -3.88. The fourth-order valence-corrected chi connectivity index (χ4v) is 3.85. The molecule has 1 spiro atoms. The van der Waals surface area contributed by atoms with Gasteiger partial charge in [0.2, 0.25) is 11.7 Å². The van der Waals surface area contributed by atoms with E-state index in [1.807, 2.05) is 30.3 Å². The summed E-state index contributed by atoms with van der Waals surface area (Å²) in [5, 5.41) is 6.81. The Morgan fingerprint density at radius 2 is 2.07 bits per heavy atom. The van der Waals surface area contributed by atoms with Crippen LogP contribution in [0.3, 0.4) is 0 Å². The largest absolute Gasteiger partial charge is 0.497 e. The smallest absolute Gasteiger partial charge is 0.325 e. The standard InChI is InChI=1S/C21H18N4O5/c1-28-14-6-4-5-13(11-14)18-22-17(30-24-18)12-25-19(26)21(23-20(25)27)9-10-29-16-8-3-2-7-15(16)21/h2-8,11H,9-10,12H2,1H3,(H,23,27)/t21-/m0/s1. The zero-order valence-corrected chi connectivity index (χ0v) is 16.1. The van der Waals surface area contributed by atoms with Gasteiger partial charge in [-0.2, -0.15) is 4.98 Å². The Balaban J connectivity index is 1.41. The summed E-state index contributed by atoms with van der Waals surface area (Å²) >= 11 is 0. The first kappa shape index (κ1) is 18.2. The average molecular weight is 406 g/mol. The van der Waals surface area contributed by atoms with Crippen LogP contribution in [0.25, 0.3) is 11.4 Å². The molecule has 3 heterocycles.